The van der Waals surface area contributed by atoms with Crippen molar-refractivity contribution < 1.29 is 106 Å². The zero-order valence-electron chi connectivity index (χ0n) is 59.0. The highest BCUT2D eigenvalue weighted by Crippen LogP contribution is 2.43. The predicted molar refractivity (Wildman–Crippen MR) is 362 cm³/mol. The molecule has 1 rings (SSSR count). The summed E-state index contributed by atoms with van der Waals surface area (Å²) in [5.74, 6) is -7.61. The first-order valence-electron chi connectivity index (χ1n) is 35.8. The minimum atomic E-state index is -4.81. The Morgan fingerprint density at radius 3 is 1.69 bits per heavy atom. The third-order valence-electron chi connectivity index (χ3n) is 16.2. The summed E-state index contributed by atoms with van der Waals surface area (Å²) in [6.45, 7) is 7.03. The van der Waals surface area contributed by atoms with Crippen molar-refractivity contribution in [3.63, 3.8) is 0 Å². The monoisotopic (exact) mass is 1410 g/mol. The summed E-state index contributed by atoms with van der Waals surface area (Å²) in [5.41, 5.74) is 5.50. The number of primary amides is 1. The summed E-state index contributed by atoms with van der Waals surface area (Å²) in [6.07, 6.45) is 24.2. The molecule has 0 aromatic carbocycles. The maximum Gasteiger partial charge on any atom is 0.472 e. The zero-order valence-corrected chi connectivity index (χ0v) is 59.9. The lowest BCUT2D eigenvalue weighted by Crippen LogP contribution is -2.65. The van der Waals surface area contributed by atoms with Gasteiger partial charge >= 0.3 is 31.7 Å². The van der Waals surface area contributed by atoms with E-state index in [4.69, 9.17) is 38.5 Å². The van der Waals surface area contributed by atoms with Crippen molar-refractivity contribution in [3.05, 3.63) is 12.2 Å². The number of carbonyl (C=O) groups excluding carboxylic acids is 9. The van der Waals surface area contributed by atoms with E-state index in [-0.39, 0.29) is 38.3 Å². The standard InChI is InChI=1S/C68H123N6O22P/c1-7-9-11-13-15-17-19-21-22-24-26-28-30-32-34-36-60(81)94-52(47-90-59(80)35-33-31-29-27-25-23-20-18-16-14-12-10-8-2)48-92-97(88,89)91-42-41-70-57(78)38-39-58(79)73-54(43-49(3)4)67(86)96-61(82)40-37-53(65(69)84)74-66(85)55(45-75)71-44-50(5)93-64-62(72-51(6)77)68(87)95-56(46-76)63(64)83/h21-22,49-50,52-56,62-64,68,71,75-76,83,87H,7-20,23-48H2,1-6H3,(H2,69,84)(H,70,78)(H,72,77)(H,73,79)(H,74,85)(H,88,89)/b22-21-/t50?,52-,53-,54+,55+,56-,62-,63-,64-,68+/m1/s1. The number of nitrogens with two attached hydrogens (primary N) is 1. The van der Waals surface area contributed by atoms with E-state index in [2.05, 4.69) is 52.6 Å². The van der Waals surface area contributed by atoms with Gasteiger partial charge < -0.3 is 81.3 Å². The average molecular weight is 1410 g/mol. The summed E-state index contributed by atoms with van der Waals surface area (Å²) < 4.78 is 50.2. The minimum absolute atomic E-state index is 0.00635. The van der Waals surface area contributed by atoms with Gasteiger partial charge in [-0.1, -0.05) is 168 Å². The summed E-state index contributed by atoms with van der Waals surface area (Å²) in [5, 5.41) is 53.1. The highest BCUT2D eigenvalue weighted by Gasteiger charge is 2.46. The first-order chi connectivity index (χ1) is 46.4. The van der Waals surface area contributed by atoms with E-state index < -0.39 is 181 Å². The van der Waals surface area contributed by atoms with Crippen molar-refractivity contribution in [1.29, 1.82) is 0 Å². The number of hydrogen-bond donors (Lipinski definition) is 11. The van der Waals surface area contributed by atoms with Crippen molar-refractivity contribution in [2.75, 3.05) is 46.1 Å². The molecular formula is C68H123N6O22P. The van der Waals surface area contributed by atoms with Crippen LogP contribution in [0.4, 0.5) is 0 Å². The van der Waals surface area contributed by atoms with Crippen molar-refractivity contribution >= 4 is 61.2 Å². The number of allylic oxidation sites excluding steroid dienone is 2. The molecule has 11 atom stereocenters. The number of phosphoric acid groups is 1. The van der Waals surface area contributed by atoms with Gasteiger partial charge in [0.05, 0.1) is 32.5 Å². The first kappa shape index (κ1) is 90.0. The molecule has 0 spiro atoms. The van der Waals surface area contributed by atoms with E-state index in [1.807, 2.05) is 0 Å². The molecule has 1 heterocycles. The molecule has 1 aliphatic rings. The molecule has 28 nitrogen and oxygen atoms in total. The van der Waals surface area contributed by atoms with Crippen LogP contribution in [0.15, 0.2) is 12.2 Å². The number of rotatable bonds is 60. The van der Waals surface area contributed by atoms with Crippen LogP contribution in [0.3, 0.4) is 0 Å². The van der Waals surface area contributed by atoms with Crippen molar-refractivity contribution in [1.82, 2.24) is 26.6 Å². The molecule has 0 bridgehead atoms. The number of esters is 4. The maximum absolute atomic E-state index is 13.2. The molecule has 1 aliphatic heterocycles. The molecule has 0 radical (unpaired) electrons. The Kier molecular flexibility index (Phi) is 51.7. The molecule has 0 aliphatic carbocycles. The van der Waals surface area contributed by atoms with Gasteiger partial charge in [-0.25, -0.2) is 9.36 Å². The molecule has 12 N–H and O–H groups in total. The third-order valence-corrected chi connectivity index (χ3v) is 17.1. The fourth-order valence-corrected chi connectivity index (χ4v) is 11.4. The number of carbonyl (C=O) groups is 9. The lowest BCUT2D eigenvalue weighted by atomic mass is 9.96. The number of nitrogens with one attached hydrogen (secondary N) is 5. The topological polar surface area (TPSA) is 423 Å². The van der Waals surface area contributed by atoms with Crippen LogP contribution in [0.1, 0.15) is 253 Å². The smallest absolute Gasteiger partial charge is 0.462 e. The Balaban J connectivity index is 2.68. The predicted octanol–water partition coefficient (Wildman–Crippen LogP) is 6.64. The number of phosphoric ester groups is 1. The largest absolute Gasteiger partial charge is 0.472 e. The number of aliphatic hydroxyl groups is 4. The Bertz CT molecular complexity index is 2300. The van der Waals surface area contributed by atoms with Gasteiger partial charge in [0.1, 0.15) is 49.1 Å². The zero-order chi connectivity index (χ0) is 72.2. The maximum atomic E-state index is 13.2. The Morgan fingerprint density at radius 2 is 1.16 bits per heavy atom. The van der Waals surface area contributed by atoms with Gasteiger partial charge in [-0.3, -0.25) is 47.4 Å². The van der Waals surface area contributed by atoms with E-state index in [0.29, 0.717) is 12.8 Å². The van der Waals surface area contributed by atoms with Gasteiger partial charge in [0.2, 0.25) is 29.5 Å². The van der Waals surface area contributed by atoms with Crippen LogP contribution in [-0.4, -0.2) is 186 Å². The number of hydrogen-bond acceptors (Lipinski definition) is 22. The van der Waals surface area contributed by atoms with Gasteiger partial charge in [-0.2, -0.15) is 0 Å². The van der Waals surface area contributed by atoms with Crippen LogP contribution in [-0.2, 0) is 80.4 Å². The quantitative estimate of drug-likeness (QED) is 0.00759. The molecule has 97 heavy (non-hydrogen) atoms. The first-order valence-corrected chi connectivity index (χ1v) is 37.3. The normalized spacial score (nSPS) is 18.5. The molecule has 5 amide bonds. The Hall–Kier alpha value is -5.00. The highest BCUT2D eigenvalue weighted by atomic mass is 31.2. The average Bonchev–Trinajstić information content (AvgIpc) is 0.809. The van der Waals surface area contributed by atoms with Crippen LogP contribution in [0, 0.1) is 5.92 Å². The van der Waals surface area contributed by atoms with E-state index >= 15 is 0 Å². The van der Waals surface area contributed by atoms with Gasteiger partial charge in [0.25, 0.3) is 0 Å². The summed E-state index contributed by atoms with van der Waals surface area (Å²) in [4.78, 5) is 125. The molecule has 0 saturated carbocycles. The van der Waals surface area contributed by atoms with Crippen LogP contribution in [0.2, 0.25) is 0 Å². The number of unbranched alkanes of at least 4 members (excludes halogenated alkanes) is 23. The highest BCUT2D eigenvalue weighted by molar-refractivity contribution is 7.47. The molecule has 562 valence electrons. The summed E-state index contributed by atoms with van der Waals surface area (Å²) in [6, 6.07) is -5.48. The van der Waals surface area contributed by atoms with Crippen molar-refractivity contribution in [2.24, 2.45) is 11.7 Å². The van der Waals surface area contributed by atoms with Crippen LogP contribution < -0.4 is 32.3 Å². The Labute approximate surface area is 575 Å². The molecule has 1 fully saturated rings. The lowest BCUT2D eigenvalue weighted by Gasteiger charge is -2.43. The summed E-state index contributed by atoms with van der Waals surface area (Å²) in [7, 11) is -4.81. The molecule has 29 heteroatoms. The van der Waals surface area contributed by atoms with E-state index in [0.717, 1.165) is 64.2 Å². The molecular weight excluding hydrogens is 1280 g/mol. The van der Waals surface area contributed by atoms with Crippen LogP contribution in [0.25, 0.3) is 0 Å². The molecule has 2 unspecified atom stereocenters. The van der Waals surface area contributed by atoms with E-state index in [1.165, 1.54) is 104 Å². The second-order valence-corrected chi connectivity index (χ2v) is 27.1. The van der Waals surface area contributed by atoms with Crippen molar-refractivity contribution in [2.45, 2.75) is 314 Å². The second kappa shape index (κ2) is 55.7. The fourth-order valence-electron chi connectivity index (χ4n) is 10.6. The second-order valence-electron chi connectivity index (χ2n) is 25.6. The fraction of sp³-hybridized carbons (Fsp3) is 0.838. The van der Waals surface area contributed by atoms with Crippen molar-refractivity contribution in [3.8, 4) is 0 Å². The van der Waals surface area contributed by atoms with Gasteiger partial charge in [-0.15, -0.1) is 0 Å². The molecule has 0 aromatic heterocycles. The number of amides is 5. The van der Waals surface area contributed by atoms with E-state index in [9.17, 15) is 73.0 Å². The minimum Gasteiger partial charge on any atom is -0.462 e. The summed E-state index contributed by atoms with van der Waals surface area (Å²) >= 11 is 0. The third kappa shape index (κ3) is 46.1. The number of aliphatic hydroxyl groups excluding tert-OH is 4. The lowest BCUT2D eigenvalue weighted by molar-refractivity contribution is -0.267. The van der Waals surface area contributed by atoms with Crippen LogP contribution >= 0.6 is 7.82 Å². The molecule has 1 saturated heterocycles. The van der Waals surface area contributed by atoms with Crippen LogP contribution in [0.5, 0.6) is 0 Å². The van der Waals surface area contributed by atoms with Gasteiger partial charge in [0, 0.05) is 52.1 Å². The molecule has 0 aromatic rings. The van der Waals surface area contributed by atoms with Gasteiger partial charge in [-0.05, 0) is 64.2 Å². The van der Waals surface area contributed by atoms with Gasteiger partial charge in [0.15, 0.2) is 12.4 Å². The SMILES string of the molecule is CCCCCCCC/C=C\CCCCCCCC(=O)O[C@H](COC(=O)CCCCCCCCCCCCCCC)COP(=O)(O)OCCNC(=O)CCC(=O)N[C@@H](CC(C)C)C(=O)OC(=O)CC[C@@H](NC(=O)[C@H](CO)NCC(C)O[C@H]1[C@H](O)[C@@H](CO)O[C@H](O)[C@@H]1NC(C)=O)C(N)=O. The Morgan fingerprint density at radius 1 is 0.629 bits per heavy atom. The van der Waals surface area contributed by atoms with E-state index in [1.54, 1.807) is 13.8 Å². The number of ether oxygens (including phenoxy) is 5.